The molecule has 0 radical (unpaired) electrons. The third-order valence-corrected chi connectivity index (χ3v) is 8.03. The van der Waals surface area contributed by atoms with Crippen molar-refractivity contribution in [3.63, 3.8) is 0 Å². The van der Waals surface area contributed by atoms with Crippen LogP contribution in [0.4, 0.5) is 0 Å². The summed E-state index contributed by atoms with van der Waals surface area (Å²) in [4.78, 5) is 0. The minimum Gasteiger partial charge on any atom is -0.329 e. The van der Waals surface area contributed by atoms with Crippen LogP contribution in [0.15, 0.2) is 24.3 Å². The van der Waals surface area contributed by atoms with Gasteiger partial charge in [-0.15, -0.1) is 0 Å². The van der Waals surface area contributed by atoms with Crippen LogP contribution in [0.5, 0.6) is 0 Å². The van der Waals surface area contributed by atoms with Crippen LogP contribution >= 0.6 is 7.37 Å². The summed E-state index contributed by atoms with van der Waals surface area (Å²) in [5.41, 5.74) is 3.00. The van der Waals surface area contributed by atoms with Gasteiger partial charge in [-0.1, -0.05) is 63.3 Å². The van der Waals surface area contributed by atoms with Crippen molar-refractivity contribution in [2.24, 2.45) is 5.92 Å². The zero-order chi connectivity index (χ0) is 19.5. The standard InChI is InChI=1S/C24H41O2P/c1-4-6-7-8-9-10-11-21-12-15-23(16-13-21)24-17-14-22(20-24)18-19-27(3,25)26-5-2/h12-13,15-16,22,24H,4-11,14,17-20H2,1-3H3/t22?,24-,27?/m0/s1. The van der Waals surface area contributed by atoms with Gasteiger partial charge in [0.1, 0.15) is 0 Å². The van der Waals surface area contributed by atoms with E-state index < -0.39 is 7.37 Å². The summed E-state index contributed by atoms with van der Waals surface area (Å²) >= 11 is 0. The molecule has 2 nitrogen and oxygen atoms in total. The van der Waals surface area contributed by atoms with E-state index in [-0.39, 0.29) is 0 Å². The van der Waals surface area contributed by atoms with Crippen molar-refractivity contribution >= 4 is 7.37 Å². The van der Waals surface area contributed by atoms with Gasteiger partial charge >= 0.3 is 0 Å². The van der Waals surface area contributed by atoms with Gasteiger partial charge in [-0.25, -0.2) is 0 Å². The normalized spacial score (nSPS) is 22.0. The van der Waals surface area contributed by atoms with E-state index in [0.717, 1.165) is 12.6 Å². The number of hydrogen-bond acceptors (Lipinski definition) is 2. The van der Waals surface area contributed by atoms with Gasteiger partial charge in [0.15, 0.2) is 7.37 Å². The molecule has 0 aromatic heterocycles. The van der Waals surface area contributed by atoms with Gasteiger partial charge in [-0.05, 0) is 68.4 Å². The van der Waals surface area contributed by atoms with Crippen LogP contribution < -0.4 is 0 Å². The SMILES string of the molecule is CCCCCCCCc1ccc([C@H]2CCC(CCP(C)(=O)OCC)C2)cc1. The second-order valence-electron chi connectivity index (χ2n) is 8.58. The quantitative estimate of drug-likeness (QED) is 0.253. The van der Waals surface area contributed by atoms with Gasteiger partial charge in [0.05, 0.1) is 6.61 Å². The molecule has 2 unspecified atom stereocenters. The van der Waals surface area contributed by atoms with Crippen LogP contribution in [0, 0.1) is 5.92 Å². The lowest BCUT2D eigenvalue weighted by Gasteiger charge is -2.16. The highest BCUT2D eigenvalue weighted by molar-refractivity contribution is 7.58. The van der Waals surface area contributed by atoms with Crippen LogP contribution in [0.3, 0.4) is 0 Å². The summed E-state index contributed by atoms with van der Waals surface area (Å²) in [5.74, 6) is 1.41. The van der Waals surface area contributed by atoms with Crippen molar-refractivity contribution in [1.29, 1.82) is 0 Å². The average molecular weight is 393 g/mol. The van der Waals surface area contributed by atoms with Gasteiger partial charge in [-0.3, -0.25) is 4.57 Å². The molecule has 0 amide bonds. The van der Waals surface area contributed by atoms with Gasteiger partial charge in [0, 0.05) is 12.8 Å². The van der Waals surface area contributed by atoms with Crippen LogP contribution in [0.25, 0.3) is 0 Å². The molecular formula is C24H41O2P. The lowest BCUT2D eigenvalue weighted by atomic mass is 9.94. The molecule has 3 atom stereocenters. The van der Waals surface area contributed by atoms with E-state index in [1.807, 2.05) is 6.92 Å². The van der Waals surface area contributed by atoms with E-state index in [9.17, 15) is 4.57 Å². The predicted molar refractivity (Wildman–Crippen MR) is 118 cm³/mol. The number of benzene rings is 1. The molecule has 3 heteroatoms. The van der Waals surface area contributed by atoms with E-state index in [4.69, 9.17) is 4.52 Å². The molecule has 0 bridgehead atoms. The van der Waals surface area contributed by atoms with E-state index in [1.54, 1.807) is 6.66 Å². The Labute approximate surface area is 167 Å². The summed E-state index contributed by atoms with van der Waals surface area (Å²) in [6.07, 6.45) is 15.0. The van der Waals surface area contributed by atoms with Crippen LogP contribution in [0.2, 0.25) is 0 Å². The summed E-state index contributed by atoms with van der Waals surface area (Å²) in [5, 5.41) is 0. The zero-order valence-electron chi connectivity index (χ0n) is 17.9. The fourth-order valence-electron chi connectivity index (χ4n) is 4.46. The Hall–Kier alpha value is -0.590. The zero-order valence-corrected chi connectivity index (χ0v) is 18.8. The Bertz CT molecular complexity index is 566. The Morgan fingerprint density at radius 1 is 1.00 bits per heavy atom. The molecule has 0 heterocycles. The topological polar surface area (TPSA) is 26.3 Å². The first-order valence-corrected chi connectivity index (χ1v) is 13.6. The van der Waals surface area contributed by atoms with Crippen molar-refractivity contribution < 1.29 is 9.09 Å². The minimum absolute atomic E-state index is 0.562. The summed E-state index contributed by atoms with van der Waals surface area (Å²) < 4.78 is 17.7. The molecule has 0 N–H and O–H groups in total. The fraction of sp³-hybridized carbons (Fsp3) is 0.750. The molecule has 27 heavy (non-hydrogen) atoms. The maximum atomic E-state index is 12.3. The van der Waals surface area contributed by atoms with E-state index in [0.29, 0.717) is 18.4 Å². The van der Waals surface area contributed by atoms with Crippen molar-refractivity contribution in [1.82, 2.24) is 0 Å². The van der Waals surface area contributed by atoms with Gasteiger partial charge < -0.3 is 4.52 Å². The first kappa shape index (κ1) is 22.7. The van der Waals surface area contributed by atoms with E-state index in [1.165, 1.54) is 75.3 Å². The van der Waals surface area contributed by atoms with Crippen molar-refractivity contribution in [2.45, 2.75) is 90.4 Å². The van der Waals surface area contributed by atoms with E-state index >= 15 is 0 Å². The lowest BCUT2D eigenvalue weighted by molar-refractivity contribution is 0.333. The Balaban J connectivity index is 1.70. The molecule has 1 aliphatic rings. The van der Waals surface area contributed by atoms with Crippen LogP contribution in [0.1, 0.15) is 95.1 Å². The molecule has 0 spiro atoms. The first-order valence-electron chi connectivity index (χ1n) is 11.3. The molecular weight excluding hydrogens is 351 g/mol. The fourth-order valence-corrected chi connectivity index (χ4v) is 5.97. The third kappa shape index (κ3) is 8.53. The Kier molecular flexibility index (Phi) is 10.2. The maximum absolute atomic E-state index is 12.3. The minimum atomic E-state index is -2.36. The Morgan fingerprint density at radius 3 is 2.41 bits per heavy atom. The molecule has 1 aromatic rings. The molecule has 1 aromatic carbocycles. The molecule has 1 fully saturated rings. The van der Waals surface area contributed by atoms with Crippen molar-refractivity contribution in [3.8, 4) is 0 Å². The highest BCUT2D eigenvalue weighted by Gasteiger charge is 2.27. The smallest absolute Gasteiger partial charge is 0.200 e. The number of unbranched alkanes of at least 4 members (excludes halogenated alkanes) is 5. The number of hydrogen-bond donors (Lipinski definition) is 0. The van der Waals surface area contributed by atoms with Crippen molar-refractivity contribution in [2.75, 3.05) is 19.4 Å². The number of aryl methyl sites for hydroxylation is 1. The molecule has 1 saturated carbocycles. The second-order valence-corrected chi connectivity index (χ2v) is 11.3. The molecule has 0 saturated heterocycles. The summed E-state index contributed by atoms with van der Waals surface area (Å²) in [6, 6.07) is 9.43. The summed E-state index contributed by atoms with van der Waals surface area (Å²) in [7, 11) is -2.36. The number of rotatable bonds is 13. The van der Waals surface area contributed by atoms with Gasteiger partial charge in [0.2, 0.25) is 0 Å². The maximum Gasteiger partial charge on any atom is 0.200 e. The van der Waals surface area contributed by atoms with Crippen LogP contribution in [-0.2, 0) is 15.5 Å². The van der Waals surface area contributed by atoms with E-state index in [2.05, 4.69) is 31.2 Å². The predicted octanol–water partition coefficient (Wildman–Crippen LogP) is 7.81. The average Bonchev–Trinajstić information content (AvgIpc) is 3.13. The Morgan fingerprint density at radius 2 is 1.70 bits per heavy atom. The molecule has 1 aliphatic carbocycles. The summed E-state index contributed by atoms with van der Waals surface area (Å²) in [6.45, 7) is 6.56. The van der Waals surface area contributed by atoms with Gasteiger partial charge in [-0.2, -0.15) is 0 Å². The molecule has 2 rings (SSSR count). The highest BCUT2D eigenvalue weighted by atomic mass is 31.2. The second kappa shape index (κ2) is 12.1. The lowest BCUT2D eigenvalue weighted by Crippen LogP contribution is -2.02. The van der Waals surface area contributed by atoms with Gasteiger partial charge in [0.25, 0.3) is 0 Å². The van der Waals surface area contributed by atoms with Crippen LogP contribution in [-0.4, -0.2) is 19.4 Å². The monoisotopic (exact) mass is 392 g/mol. The first-order chi connectivity index (χ1) is 13.0. The molecule has 154 valence electrons. The largest absolute Gasteiger partial charge is 0.329 e. The third-order valence-electron chi connectivity index (χ3n) is 6.16. The highest BCUT2D eigenvalue weighted by Crippen LogP contribution is 2.47. The van der Waals surface area contributed by atoms with Crippen molar-refractivity contribution in [3.05, 3.63) is 35.4 Å². The molecule has 0 aliphatic heterocycles.